The van der Waals surface area contributed by atoms with Crippen molar-refractivity contribution < 1.29 is 9.32 Å². The molecular weight excluding hydrogens is 306 g/mol. The number of piperidine rings is 1. The molecule has 2 aliphatic rings. The average Bonchev–Trinajstić information content (AvgIpc) is 3.19. The molecule has 1 atom stereocenters. The molecule has 3 N–H and O–H groups in total. The van der Waals surface area contributed by atoms with Crippen molar-refractivity contribution in [2.75, 3.05) is 18.4 Å². The standard InChI is InChI=1S/C17H21N5O2/c18-9-15-20-14(21-24-15)10-22-7-5-11(6-8-22)16-12-3-1-2-4-13(12)19-17(16)23/h1-4,11,16H,5-10,18H2,(H,19,23). The minimum atomic E-state index is -0.0163. The maximum absolute atomic E-state index is 12.4. The summed E-state index contributed by atoms with van der Waals surface area (Å²) in [6.45, 7) is 2.81. The maximum Gasteiger partial charge on any atom is 0.240 e. The van der Waals surface area contributed by atoms with Crippen LogP contribution in [0, 0.1) is 5.92 Å². The van der Waals surface area contributed by atoms with Crippen molar-refractivity contribution in [1.29, 1.82) is 0 Å². The Hall–Kier alpha value is -2.25. The van der Waals surface area contributed by atoms with Gasteiger partial charge in [-0.25, -0.2) is 0 Å². The van der Waals surface area contributed by atoms with Gasteiger partial charge in [-0.2, -0.15) is 4.98 Å². The van der Waals surface area contributed by atoms with Gasteiger partial charge >= 0.3 is 0 Å². The average molecular weight is 327 g/mol. The first-order valence-electron chi connectivity index (χ1n) is 8.38. The minimum Gasteiger partial charge on any atom is -0.338 e. The summed E-state index contributed by atoms with van der Waals surface area (Å²) in [4.78, 5) is 18.9. The molecule has 1 aromatic heterocycles. The number of para-hydroxylation sites is 1. The van der Waals surface area contributed by atoms with Crippen LogP contribution in [0.3, 0.4) is 0 Å². The van der Waals surface area contributed by atoms with Gasteiger partial charge in [0.1, 0.15) is 0 Å². The normalized spacial score (nSPS) is 21.7. The van der Waals surface area contributed by atoms with Crippen molar-refractivity contribution in [1.82, 2.24) is 15.0 Å². The molecule has 1 aromatic carbocycles. The smallest absolute Gasteiger partial charge is 0.240 e. The van der Waals surface area contributed by atoms with Gasteiger partial charge in [0.2, 0.25) is 11.8 Å². The van der Waals surface area contributed by atoms with Crippen LogP contribution in [0.25, 0.3) is 0 Å². The summed E-state index contributed by atoms with van der Waals surface area (Å²) < 4.78 is 5.05. The van der Waals surface area contributed by atoms with E-state index in [2.05, 4.69) is 26.4 Å². The van der Waals surface area contributed by atoms with E-state index in [4.69, 9.17) is 10.3 Å². The molecule has 7 nitrogen and oxygen atoms in total. The van der Waals surface area contributed by atoms with Crippen molar-refractivity contribution in [2.45, 2.75) is 31.8 Å². The zero-order chi connectivity index (χ0) is 16.5. The molecule has 4 rings (SSSR count). The number of benzene rings is 1. The van der Waals surface area contributed by atoms with Gasteiger partial charge in [0.05, 0.1) is 19.0 Å². The van der Waals surface area contributed by atoms with Gasteiger partial charge in [-0.3, -0.25) is 9.69 Å². The predicted molar refractivity (Wildman–Crippen MR) is 88.0 cm³/mol. The number of amides is 1. The van der Waals surface area contributed by atoms with Crippen LogP contribution in [0.4, 0.5) is 5.69 Å². The van der Waals surface area contributed by atoms with Crippen LogP contribution in [-0.4, -0.2) is 34.0 Å². The Morgan fingerprint density at radius 2 is 2.08 bits per heavy atom. The quantitative estimate of drug-likeness (QED) is 0.883. The Kier molecular flexibility index (Phi) is 4.03. The van der Waals surface area contributed by atoms with E-state index in [-0.39, 0.29) is 18.4 Å². The summed E-state index contributed by atoms with van der Waals surface area (Å²) in [6.07, 6.45) is 1.99. The molecule has 1 fully saturated rings. The molecule has 3 heterocycles. The molecule has 0 bridgehead atoms. The molecular formula is C17H21N5O2. The van der Waals surface area contributed by atoms with E-state index < -0.39 is 0 Å². The molecule has 1 amide bonds. The van der Waals surface area contributed by atoms with Gasteiger partial charge in [-0.05, 0) is 43.5 Å². The largest absolute Gasteiger partial charge is 0.338 e. The minimum absolute atomic E-state index is 0.0163. The number of rotatable bonds is 4. The molecule has 1 saturated heterocycles. The molecule has 0 saturated carbocycles. The number of carbonyl (C=O) groups is 1. The molecule has 0 radical (unpaired) electrons. The van der Waals surface area contributed by atoms with Gasteiger partial charge in [0.15, 0.2) is 5.82 Å². The second kappa shape index (κ2) is 6.33. The number of nitrogens with zero attached hydrogens (tertiary/aromatic N) is 3. The van der Waals surface area contributed by atoms with E-state index in [1.165, 1.54) is 0 Å². The summed E-state index contributed by atoms with van der Waals surface area (Å²) in [5, 5.41) is 6.96. The number of aromatic nitrogens is 2. The SMILES string of the molecule is NCc1nc(CN2CCC(C3C(=O)Nc4ccccc43)CC2)no1. The van der Waals surface area contributed by atoms with Crippen molar-refractivity contribution >= 4 is 11.6 Å². The highest BCUT2D eigenvalue weighted by Gasteiger charge is 2.38. The van der Waals surface area contributed by atoms with E-state index in [1.54, 1.807) is 0 Å². The van der Waals surface area contributed by atoms with Crippen LogP contribution in [-0.2, 0) is 17.9 Å². The Morgan fingerprint density at radius 1 is 1.29 bits per heavy atom. The van der Waals surface area contributed by atoms with E-state index in [1.807, 2.05) is 18.2 Å². The van der Waals surface area contributed by atoms with Crippen LogP contribution in [0.2, 0.25) is 0 Å². The van der Waals surface area contributed by atoms with Crippen LogP contribution in [0.1, 0.15) is 36.0 Å². The number of hydrogen-bond donors (Lipinski definition) is 2. The third kappa shape index (κ3) is 2.81. The summed E-state index contributed by atoms with van der Waals surface area (Å²) >= 11 is 0. The fraction of sp³-hybridized carbons (Fsp3) is 0.471. The molecule has 2 aromatic rings. The van der Waals surface area contributed by atoms with E-state index in [9.17, 15) is 4.79 Å². The second-order valence-corrected chi connectivity index (χ2v) is 6.48. The summed E-state index contributed by atoms with van der Waals surface area (Å²) in [5.41, 5.74) is 7.60. The fourth-order valence-electron chi connectivity index (χ4n) is 3.78. The lowest BCUT2D eigenvalue weighted by Gasteiger charge is -2.33. The first-order chi connectivity index (χ1) is 11.7. The Balaban J connectivity index is 1.39. The Bertz CT molecular complexity index is 736. The van der Waals surface area contributed by atoms with E-state index >= 15 is 0 Å². The Labute approximate surface area is 140 Å². The van der Waals surface area contributed by atoms with Gasteiger partial charge < -0.3 is 15.6 Å². The summed E-state index contributed by atoms with van der Waals surface area (Å²) in [5.74, 6) is 1.66. The third-order valence-electron chi connectivity index (χ3n) is 4.99. The first-order valence-corrected chi connectivity index (χ1v) is 8.38. The maximum atomic E-state index is 12.4. The van der Waals surface area contributed by atoms with Gasteiger partial charge in [0.25, 0.3) is 0 Å². The van der Waals surface area contributed by atoms with Crippen LogP contribution >= 0.6 is 0 Å². The molecule has 0 aliphatic carbocycles. The number of likely N-dealkylation sites (tertiary alicyclic amines) is 1. The van der Waals surface area contributed by atoms with Gasteiger partial charge in [-0.15, -0.1) is 0 Å². The molecule has 24 heavy (non-hydrogen) atoms. The van der Waals surface area contributed by atoms with Crippen LogP contribution in [0.5, 0.6) is 0 Å². The predicted octanol–water partition coefficient (Wildman–Crippen LogP) is 1.48. The monoisotopic (exact) mass is 327 g/mol. The third-order valence-corrected chi connectivity index (χ3v) is 4.99. The molecule has 2 aliphatic heterocycles. The highest BCUT2D eigenvalue weighted by molar-refractivity contribution is 6.03. The van der Waals surface area contributed by atoms with Crippen molar-refractivity contribution in [3.63, 3.8) is 0 Å². The lowest BCUT2D eigenvalue weighted by atomic mass is 9.81. The Morgan fingerprint density at radius 3 is 2.83 bits per heavy atom. The molecule has 7 heteroatoms. The second-order valence-electron chi connectivity index (χ2n) is 6.48. The van der Waals surface area contributed by atoms with Crippen molar-refractivity contribution in [2.24, 2.45) is 11.7 Å². The first kappa shape index (κ1) is 15.3. The van der Waals surface area contributed by atoms with Gasteiger partial charge in [-0.1, -0.05) is 23.4 Å². The number of fused-ring (bicyclic) bond motifs is 1. The summed E-state index contributed by atoms with van der Waals surface area (Å²) in [7, 11) is 0. The zero-order valence-electron chi connectivity index (χ0n) is 13.4. The highest BCUT2D eigenvalue weighted by atomic mass is 16.5. The zero-order valence-corrected chi connectivity index (χ0v) is 13.4. The number of nitrogens with two attached hydrogens (primary N) is 1. The molecule has 126 valence electrons. The van der Waals surface area contributed by atoms with Gasteiger partial charge in [0, 0.05) is 5.69 Å². The number of nitrogens with one attached hydrogen (secondary N) is 1. The number of hydrogen-bond acceptors (Lipinski definition) is 6. The number of anilines is 1. The van der Waals surface area contributed by atoms with Crippen molar-refractivity contribution in [3.8, 4) is 0 Å². The summed E-state index contributed by atoms with van der Waals surface area (Å²) in [6, 6.07) is 8.02. The van der Waals surface area contributed by atoms with Crippen molar-refractivity contribution in [3.05, 3.63) is 41.5 Å². The van der Waals surface area contributed by atoms with E-state index in [0.717, 1.165) is 37.2 Å². The lowest BCUT2D eigenvalue weighted by molar-refractivity contribution is -0.118. The lowest BCUT2D eigenvalue weighted by Crippen LogP contribution is -2.36. The van der Waals surface area contributed by atoms with Crippen LogP contribution in [0.15, 0.2) is 28.8 Å². The fourth-order valence-corrected chi connectivity index (χ4v) is 3.78. The topological polar surface area (TPSA) is 97.3 Å². The number of carbonyl (C=O) groups excluding carboxylic acids is 1. The van der Waals surface area contributed by atoms with Crippen LogP contribution < -0.4 is 11.1 Å². The highest BCUT2D eigenvalue weighted by Crippen LogP contribution is 2.41. The van der Waals surface area contributed by atoms with E-state index in [0.29, 0.717) is 24.2 Å². The molecule has 0 spiro atoms. The molecule has 1 unspecified atom stereocenters.